The maximum Gasteiger partial charge on any atom is 0.338 e. The Hall–Kier alpha value is -2.75. The van der Waals surface area contributed by atoms with Gasteiger partial charge in [0.15, 0.2) is 6.61 Å². The summed E-state index contributed by atoms with van der Waals surface area (Å²) in [5.41, 5.74) is 1.83. The summed E-state index contributed by atoms with van der Waals surface area (Å²) in [5.74, 6) is -2.66. The summed E-state index contributed by atoms with van der Waals surface area (Å²) < 4.78 is 45.2. The molecule has 30 heavy (non-hydrogen) atoms. The maximum absolute atomic E-state index is 13.9. The Morgan fingerprint density at radius 1 is 1.23 bits per heavy atom. The summed E-state index contributed by atoms with van der Waals surface area (Å²) in [4.78, 5) is 23.6. The van der Waals surface area contributed by atoms with E-state index in [2.05, 4.69) is 16.6 Å². The molecule has 7 nitrogen and oxygen atoms in total. The zero-order valence-electron chi connectivity index (χ0n) is 16.3. The minimum atomic E-state index is -4.19. The Morgan fingerprint density at radius 3 is 2.57 bits per heavy atom. The number of rotatable bonds is 8. The molecule has 0 aliphatic heterocycles. The number of hydrogen-bond acceptors (Lipinski definition) is 5. The highest BCUT2D eigenvalue weighted by molar-refractivity contribution is 7.89. The van der Waals surface area contributed by atoms with E-state index in [0.717, 1.165) is 29.3 Å². The average Bonchev–Trinajstić information content (AvgIpc) is 2.67. The lowest BCUT2D eigenvalue weighted by Crippen LogP contribution is -2.25. The van der Waals surface area contributed by atoms with Crippen molar-refractivity contribution in [3.05, 3.63) is 70.5 Å². The molecule has 0 atom stereocenters. The van der Waals surface area contributed by atoms with Gasteiger partial charge in [-0.3, -0.25) is 4.79 Å². The van der Waals surface area contributed by atoms with Crippen LogP contribution in [0.1, 0.15) is 21.5 Å². The normalized spacial score (nSPS) is 11.1. The van der Waals surface area contributed by atoms with Gasteiger partial charge >= 0.3 is 5.97 Å². The third-order valence-corrected chi connectivity index (χ3v) is 5.64. The molecule has 0 radical (unpaired) electrons. The first kappa shape index (κ1) is 23.5. The lowest BCUT2D eigenvalue weighted by Gasteiger charge is -2.12. The number of nitrogens with one attached hydrogen (secondary N) is 2. The third-order valence-electron chi connectivity index (χ3n) is 3.90. The van der Waals surface area contributed by atoms with Crippen molar-refractivity contribution < 1.29 is 27.1 Å². The predicted molar refractivity (Wildman–Crippen MR) is 112 cm³/mol. The number of benzene rings is 2. The zero-order chi connectivity index (χ0) is 22.5. The number of sulfonamides is 1. The fourth-order valence-corrected chi connectivity index (χ4v) is 4.01. The van der Waals surface area contributed by atoms with Crippen molar-refractivity contribution >= 4 is 39.2 Å². The highest BCUT2D eigenvalue weighted by Crippen LogP contribution is 2.27. The van der Waals surface area contributed by atoms with Gasteiger partial charge in [0, 0.05) is 6.54 Å². The van der Waals surface area contributed by atoms with Gasteiger partial charge in [0.25, 0.3) is 5.91 Å². The molecule has 0 spiro atoms. The van der Waals surface area contributed by atoms with Crippen molar-refractivity contribution in [2.75, 3.05) is 18.5 Å². The summed E-state index contributed by atoms with van der Waals surface area (Å²) in [5, 5.41) is 2.90. The number of carbonyl (C=O) groups is 2. The van der Waals surface area contributed by atoms with Crippen LogP contribution in [0.4, 0.5) is 10.1 Å². The van der Waals surface area contributed by atoms with Crippen LogP contribution in [0.3, 0.4) is 0 Å². The van der Waals surface area contributed by atoms with Crippen molar-refractivity contribution in [1.29, 1.82) is 0 Å². The summed E-state index contributed by atoms with van der Waals surface area (Å²) in [6.07, 6.45) is 1.29. The molecule has 0 aliphatic carbocycles. The molecule has 2 aromatic rings. The van der Waals surface area contributed by atoms with Crippen LogP contribution in [0, 0.1) is 19.7 Å². The molecule has 0 aromatic heterocycles. The molecule has 0 saturated heterocycles. The number of ether oxygens (including phenoxy) is 1. The fraction of sp³-hybridized carbons (Fsp3) is 0.200. The van der Waals surface area contributed by atoms with E-state index in [0.29, 0.717) is 10.7 Å². The minimum absolute atomic E-state index is 0.113. The van der Waals surface area contributed by atoms with Crippen LogP contribution in [-0.4, -0.2) is 33.4 Å². The van der Waals surface area contributed by atoms with E-state index in [-0.39, 0.29) is 12.1 Å². The Labute approximate surface area is 178 Å². The number of carbonyl (C=O) groups excluding carboxylic acids is 2. The molecule has 0 fully saturated rings. The van der Waals surface area contributed by atoms with E-state index in [1.165, 1.54) is 6.08 Å². The number of esters is 1. The zero-order valence-corrected chi connectivity index (χ0v) is 17.9. The van der Waals surface area contributed by atoms with Crippen LogP contribution in [-0.2, 0) is 19.6 Å². The number of aryl methyl sites for hydroxylation is 2. The fourth-order valence-electron chi connectivity index (χ4n) is 2.55. The third kappa shape index (κ3) is 5.88. The highest BCUT2D eigenvalue weighted by atomic mass is 35.5. The van der Waals surface area contributed by atoms with Gasteiger partial charge in [-0.2, -0.15) is 0 Å². The van der Waals surface area contributed by atoms with Gasteiger partial charge in [0.2, 0.25) is 10.0 Å². The number of halogens is 2. The molecule has 160 valence electrons. The molecule has 0 saturated carbocycles. The molecule has 0 bridgehead atoms. The predicted octanol–water partition coefficient (Wildman–Crippen LogP) is 3.36. The molecule has 2 aromatic carbocycles. The molecule has 10 heteroatoms. The number of anilines is 1. The minimum Gasteiger partial charge on any atom is -0.452 e. The second-order valence-corrected chi connectivity index (χ2v) is 8.49. The van der Waals surface area contributed by atoms with Crippen molar-refractivity contribution in [2.45, 2.75) is 18.7 Å². The molecular formula is C20H20ClFN2O5S. The molecule has 0 aliphatic rings. The van der Waals surface area contributed by atoms with Crippen LogP contribution in [0.25, 0.3) is 0 Å². The van der Waals surface area contributed by atoms with Crippen LogP contribution < -0.4 is 10.0 Å². The van der Waals surface area contributed by atoms with Crippen LogP contribution >= 0.6 is 11.6 Å². The van der Waals surface area contributed by atoms with Gasteiger partial charge < -0.3 is 10.1 Å². The quantitative estimate of drug-likeness (QED) is 0.470. The number of hydrogen-bond donors (Lipinski definition) is 2. The molecule has 0 heterocycles. The molecular weight excluding hydrogens is 435 g/mol. The smallest absolute Gasteiger partial charge is 0.338 e. The van der Waals surface area contributed by atoms with E-state index in [4.69, 9.17) is 16.3 Å². The summed E-state index contributed by atoms with van der Waals surface area (Å²) >= 11 is 6.12. The Bertz CT molecular complexity index is 1080. The monoisotopic (exact) mass is 454 g/mol. The summed E-state index contributed by atoms with van der Waals surface area (Å²) in [6.45, 7) is 6.24. The molecule has 2 N–H and O–H groups in total. The van der Waals surface area contributed by atoms with Crippen LogP contribution in [0.5, 0.6) is 0 Å². The standard InChI is InChI=1S/C20H20ClFN2O5S/c1-4-7-23-30(27,28)17-10-14(5-6-16(17)22)20(26)29-11-18(25)24-19-13(3)8-12(2)9-15(19)21/h4-6,8-10,23H,1,7,11H2,2-3H3,(H,24,25). The molecule has 1 amide bonds. The first-order valence-corrected chi connectivity index (χ1v) is 10.5. The first-order chi connectivity index (χ1) is 14.0. The largest absolute Gasteiger partial charge is 0.452 e. The van der Waals surface area contributed by atoms with Gasteiger partial charge in [-0.1, -0.05) is 23.7 Å². The first-order valence-electron chi connectivity index (χ1n) is 8.69. The van der Waals surface area contributed by atoms with E-state index in [1.807, 2.05) is 13.0 Å². The van der Waals surface area contributed by atoms with Crippen molar-refractivity contribution in [1.82, 2.24) is 4.72 Å². The Balaban J connectivity index is 2.09. The van der Waals surface area contributed by atoms with Gasteiger partial charge in [-0.25, -0.2) is 22.3 Å². The lowest BCUT2D eigenvalue weighted by atomic mass is 10.1. The molecule has 2 rings (SSSR count). The van der Waals surface area contributed by atoms with Gasteiger partial charge in [0.05, 0.1) is 16.3 Å². The van der Waals surface area contributed by atoms with E-state index in [9.17, 15) is 22.4 Å². The summed E-state index contributed by atoms with van der Waals surface area (Å²) in [7, 11) is -4.19. The highest BCUT2D eigenvalue weighted by Gasteiger charge is 2.21. The van der Waals surface area contributed by atoms with Crippen molar-refractivity contribution in [2.24, 2.45) is 0 Å². The number of amides is 1. The SMILES string of the molecule is C=CCNS(=O)(=O)c1cc(C(=O)OCC(=O)Nc2c(C)cc(C)cc2Cl)ccc1F. The summed E-state index contributed by atoms with van der Waals surface area (Å²) in [6, 6.07) is 6.23. The average molecular weight is 455 g/mol. The van der Waals surface area contributed by atoms with Crippen molar-refractivity contribution in [3.8, 4) is 0 Å². The van der Waals surface area contributed by atoms with Crippen molar-refractivity contribution in [3.63, 3.8) is 0 Å². The Morgan fingerprint density at radius 2 is 1.93 bits per heavy atom. The van der Waals surface area contributed by atoms with Crippen LogP contribution in [0.2, 0.25) is 5.02 Å². The van der Waals surface area contributed by atoms with Gasteiger partial charge in [-0.05, 0) is 49.2 Å². The Kier molecular flexibility index (Phi) is 7.71. The lowest BCUT2D eigenvalue weighted by molar-refractivity contribution is -0.119. The van der Waals surface area contributed by atoms with Gasteiger partial charge in [0.1, 0.15) is 10.7 Å². The maximum atomic E-state index is 13.9. The topological polar surface area (TPSA) is 102 Å². The van der Waals surface area contributed by atoms with E-state index in [1.54, 1.807) is 13.0 Å². The van der Waals surface area contributed by atoms with Gasteiger partial charge in [-0.15, -0.1) is 6.58 Å². The van der Waals surface area contributed by atoms with E-state index < -0.39 is 39.2 Å². The van der Waals surface area contributed by atoms with E-state index >= 15 is 0 Å². The molecule has 0 unspecified atom stereocenters. The second kappa shape index (κ2) is 9.84. The second-order valence-electron chi connectivity index (χ2n) is 6.35. The van der Waals surface area contributed by atoms with Crippen LogP contribution in [0.15, 0.2) is 47.9 Å².